The van der Waals surface area contributed by atoms with E-state index in [0.717, 1.165) is 23.9 Å². The van der Waals surface area contributed by atoms with Crippen LogP contribution in [0.1, 0.15) is 54.1 Å². The fourth-order valence-corrected chi connectivity index (χ4v) is 3.03. The molecule has 128 valence electrons. The molecule has 0 atom stereocenters. The van der Waals surface area contributed by atoms with Crippen molar-refractivity contribution < 1.29 is 4.79 Å². The first kappa shape index (κ1) is 16.8. The van der Waals surface area contributed by atoms with Crippen LogP contribution in [-0.4, -0.2) is 27.2 Å². The SMILES string of the molecule is CCNc1ccc(Cl)cc1C(=O)NCc1nnc(C2CCC2)n1C. The van der Waals surface area contributed by atoms with Crippen LogP contribution in [-0.2, 0) is 13.6 Å². The van der Waals surface area contributed by atoms with Crippen LogP contribution >= 0.6 is 11.6 Å². The second-order valence-electron chi connectivity index (χ2n) is 6.06. The maximum Gasteiger partial charge on any atom is 0.253 e. The van der Waals surface area contributed by atoms with Crippen molar-refractivity contribution in [3.05, 3.63) is 40.4 Å². The van der Waals surface area contributed by atoms with Crippen LogP contribution in [0.25, 0.3) is 0 Å². The zero-order valence-electron chi connectivity index (χ0n) is 14.0. The van der Waals surface area contributed by atoms with Gasteiger partial charge in [0.1, 0.15) is 5.82 Å². The highest BCUT2D eigenvalue weighted by Gasteiger charge is 2.25. The van der Waals surface area contributed by atoms with E-state index < -0.39 is 0 Å². The molecule has 0 spiro atoms. The van der Waals surface area contributed by atoms with Gasteiger partial charge in [0.05, 0.1) is 12.1 Å². The number of rotatable bonds is 6. The number of nitrogens with one attached hydrogen (secondary N) is 2. The number of nitrogens with zero attached hydrogens (tertiary/aromatic N) is 3. The van der Waals surface area contributed by atoms with Crippen LogP contribution in [0.3, 0.4) is 0 Å². The average Bonchev–Trinajstić information content (AvgIpc) is 2.86. The third-order valence-electron chi connectivity index (χ3n) is 4.47. The van der Waals surface area contributed by atoms with Gasteiger partial charge in [0.15, 0.2) is 5.82 Å². The highest BCUT2D eigenvalue weighted by atomic mass is 35.5. The smallest absolute Gasteiger partial charge is 0.253 e. The highest BCUT2D eigenvalue weighted by Crippen LogP contribution is 2.35. The zero-order chi connectivity index (χ0) is 17.1. The van der Waals surface area contributed by atoms with E-state index >= 15 is 0 Å². The van der Waals surface area contributed by atoms with Crippen LogP contribution in [0.15, 0.2) is 18.2 Å². The molecule has 0 bridgehead atoms. The molecule has 7 heteroatoms. The Hall–Kier alpha value is -2.08. The molecule has 1 amide bonds. The minimum Gasteiger partial charge on any atom is -0.385 e. The number of anilines is 1. The average molecular weight is 348 g/mol. The lowest BCUT2D eigenvalue weighted by atomic mass is 9.85. The first-order valence-corrected chi connectivity index (χ1v) is 8.67. The van der Waals surface area contributed by atoms with Gasteiger partial charge in [-0.15, -0.1) is 10.2 Å². The lowest BCUT2D eigenvalue weighted by Gasteiger charge is -2.24. The molecule has 1 heterocycles. The molecular formula is C17H22ClN5O. The summed E-state index contributed by atoms with van der Waals surface area (Å²) >= 11 is 6.03. The molecule has 24 heavy (non-hydrogen) atoms. The van der Waals surface area contributed by atoms with Gasteiger partial charge in [0, 0.05) is 30.2 Å². The molecular weight excluding hydrogens is 326 g/mol. The summed E-state index contributed by atoms with van der Waals surface area (Å²) < 4.78 is 1.99. The molecule has 0 unspecified atom stereocenters. The van der Waals surface area contributed by atoms with Crippen LogP contribution in [0.2, 0.25) is 5.02 Å². The number of amides is 1. The molecule has 2 N–H and O–H groups in total. The number of benzene rings is 1. The number of halogens is 1. The molecule has 6 nitrogen and oxygen atoms in total. The van der Waals surface area contributed by atoms with Crippen molar-refractivity contribution in [1.29, 1.82) is 0 Å². The maximum atomic E-state index is 12.5. The molecule has 0 aliphatic heterocycles. The summed E-state index contributed by atoms with van der Waals surface area (Å²) in [5.74, 6) is 2.11. The van der Waals surface area contributed by atoms with Crippen molar-refractivity contribution in [2.24, 2.45) is 7.05 Å². The first-order chi connectivity index (χ1) is 11.6. The maximum absolute atomic E-state index is 12.5. The fourth-order valence-electron chi connectivity index (χ4n) is 2.85. The summed E-state index contributed by atoms with van der Waals surface area (Å²) in [6.07, 6.45) is 3.60. The summed E-state index contributed by atoms with van der Waals surface area (Å²) in [4.78, 5) is 12.5. The van der Waals surface area contributed by atoms with Crippen molar-refractivity contribution in [2.45, 2.75) is 38.6 Å². The number of hydrogen-bond donors (Lipinski definition) is 2. The van der Waals surface area contributed by atoms with E-state index in [1.807, 2.05) is 24.6 Å². The number of carbonyl (C=O) groups is 1. The Balaban J connectivity index is 1.69. The van der Waals surface area contributed by atoms with E-state index in [9.17, 15) is 4.79 Å². The fraction of sp³-hybridized carbons (Fsp3) is 0.471. The summed E-state index contributed by atoms with van der Waals surface area (Å²) in [5.41, 5.74) is 1.30. The van der Waals surface area contributed by atoms with E-state index in [1.54, 1.807) is 12.1 Å². The lowest BCUT2D eigenvalue weighted by Crippen LogP contribution is -2.26. The van der Waals surface area contributed by atoms with Crippen LogP contribution in [0.4, 0.5) is 5.69 Å². The Morgan fingerprint density at radius 3 is 2.83 bits per heavy atom. The van der Waals surface area contributed by atoms with Crippen LogP contribution in [0.5, 0.6) is 0 Å². The predicted molar refractivity (Wildman–Crippen MR) is 94.4 cm³/mol. The lowest BCUT2D eigenvalue weighted by molar-refractivity contribution is 0.0950. The molecule has 2 aromatic rings. The van der Waals surface area contributed by atoms with Gasteiger partial charge in [-0.3, -0.25) is 4.79 Å². The molecule has 1 fully saturated rings. The molecule has 1 aromatic carbocycles. The molecule has 1 aromatic heterocycles. The minimum absolute atomic E-state index is 0.179. The van der Waals surface area contributed by atoms with Gasteiger partial charge >= 0.3 is 0 Å². The van der Waals surface area contributed by atoms with Crippen molar-refractivity contribution in [2.75, 3.05) is 11.9 Å². The van der Waals surface area contributed by atoms with E-state index in [4.69, 9.17) is 11.6 Å². The Morgan fingerprint density at radius 1 is 1.38 bits per heavy atom. The number of aromatic nitrogens is 3. The number of hydrogen-bond acceptors (Lipinski definition) is 4. The molecule has 1 saturated carbocycles. The third kappa shape index (κ3) is 3.38. The Morgan fingerprint density at radius 2 is 2.17 bits per heavy atom. The van der Waals surface area contributed by atoms with Gasteiger partial charge in [0.25, 0.3) is 5.91 Å². The quantitative estimate of drug-likeness (QED) is 0.842. The minimum atomic E-state index is -0.179. The second kappa shape index (κ2) is 7.21. The van der Waals surface area contributed by atoms with Gasteiger partial charge in [0.2, 0.25) is 0 Å². The summed E-state index contributed by atoms with van der Waals surface area (Å²) in [6, 6.07) is 5.26. The van der Waals surface area contributed by atoms with Gasteiger partial charge in [-0.25, -0.2) is 0 Å². The molecule has 1 aliphatic rings. The highest BCUT2D eigenvalue weighted by molar-refractivity contribution is 6.31. The molecule has 0 radical (unpaired) electrons. The Kier molecular flexibility index (Phi) is 5.04. The predicted octanol–water partition coefficient (Wildman–Crippen LogP) is 3.10. The van der Waals surface area contributed by atoms with E-state index in [-0.39, 0.29) is 5.91 Å². The van der Waals surface area contributed by atoms with E-state index in [2.05, 4.69) is 20.8 Å². The molecule has 1 aliphatic carbocycles. The van der Waals surface area contributed by atoms with Gasteiger partial charge in [-0.2, -0.15) is 0 Å². The summed E-state index contributed by atoms with van der Waals surface area (Å²) in [6.45, 7) is 3.06. The van der Waals surface area contributed by atoms with Crippen molar-refractivity contribution in [1.82, 2.24) is 20.1 Å². The van der Waals surface area contributed by atoms with Gasteiger partial charge in [-0.05, 0) is 38.0 Å². The second-order valence-corrected chi connectivity index (χ2v) is 6.50. The first-order valence-electron chi connectivity index (χ1n) is 8.30. The van der Waals surface area contributed by atoms with Crippen molar-refractivity contribution in [3.8, 4) is 0 Å². The van der Waals surface area contributed by atoms with Crippen LogP contribution < -0.4 is 10.6 Å². The zero-order valence-corrected chi connectivity index (χ0v) is 14.7. The Labute approximate surface area is 146 Å². The standard InChI is InChI=1S/C17H22ClN5O/c1-3-19-14-8-7-12(18)9-13(14)17(24)20-10-15-21-22-16(23(15)2)11-5-4-6-11/h7-9,11,19H,3-6,10H2,1-2H3,(H,20,24). The molecule has 0 saturated heterocycles. The Bertz CT molecular complexity index is 739. The normalized spacial score (nSPS) is 14.3. The summed E-state index contributed by atoms with van der Waals surface area (Å²) in [7, 11) is 1.96. The van der Waals surface area contributed by atoms with Crippen LogP contribution in [0, 0.1) is 0 Å². The van der Waals surface area contributed by atoms with E-state index in [1.165, 1.54) is 19.3 Å². The van der Waals surface area contributed by atoms with E-state index in [0.29, 0.717) is 23.0 Å². The van der Waals surface area contributed by atoms with Crippen molar-refractivity contribution in [3.63, 3.8) is 0 Å². The van der Waals surface area contributed by atoms with Crippen molar-refractivity contribution >= 4 is 23.2 Å². The monoisotopic (exact) mass is 347 g/mol. The van der Waals surface area contributed by atoms with Gasteiger partial charge < -0.3 is 15.2 Å². The summed E-state index contributed by atoms with van der Waals surface area (Å²) in [5, 5.41) is 15.1. The van der Waals surface area contributed by atoms with Gasteiger partial charge in [-0.1, -0.05) is 18.0 Å². The largest absolute Gasteiger partial charge is 0.385 e. The molecule has 3 rings (SSSR count). The topological polar surface area (TPSA) is 71.8 Å². The number of carbonyl (C=O) groups excluding carboxylic acids is 1. The third-order valence-corrected chi connectivity index (χ3v) is 4.70.